The van der Waals surface area contributed by atoms with Gasteiger partial charge in [-0.05, 0) is 105 Å². The summed E-state index contributed by atoms with van der Waals surface area (Å²) in [6.07, 6.45) is 8.09. The SMILES string of the molecule is CC(C)C=O.Cc1ccnc(NC(=O)c2ccc(-c3nc([C@@H]4CCCN4C(=O)CC#N)n(N)c3C(N)=O)cc2)c1.[C-]#[N+]/C(=C\C(C)C)C(=O)N1CCC[C@H]1c1nc(-c2ccc(C(=O)Nc3cc(C)ccn3)cc2)c(C(N)=O)n1N. The Kier molecular flexibility index (Phi) is 19.3. The maximum Gasteiger partial charge on any atom is 0.269 e. The van der Waals surface area contributed by atoms with Crippen molar-refractivity contribution >= 4 is 53.4 Å². The highest BCUT2D eigenvalue weighted by Gasteiger charge is 2.38. The summed E-state index contributed by atoms with van der Waals surface area (Å²) >= 11 is 0. The number of nitrogens with two attached hydrogens (primary N) is 4. The zero-order valence-corrected chi connectivity index (χ0v) is 44.6. The minimum atomic E-state index is -0.781. The number of anilines is 2. The molecule has 0 radical (unpaired) electrons. The molecule has 2 saturated heterocycles. The predicted octanol–water partition coefficient (Wildman–Crippen LogP) is 6.18. The van der Waals surface area contributed by atoms with Crippen molar-refractivity contribution in [2.24, 2.45) is 23.3 Å². The molecule has 408 valence electrons. The van der Waals surface area contributed by atoms with E-state index in [4.69, 9.17) is 35.0 Å². The first kappa shape index (κ1) is 58.2. The van der Waals surface area contributed by atoms with E-state index in [2.05, 4.69) is 35.4 Å². The van der Waals surface area contributed by atoms with E-state index in [0.717, 1.165) is 33.2 Å². The molecule has 6 amide bonds. The first-order chi connectivity index (χ1) is 37.7. The molecule has 6 heterocycles. The molecular formula is C56H62N16O7. The van der Waals surface area contributed by atoms with Crippen molar-refractivity contribution in [2.45, 2.75) is 85.7 Å². The molecule has 4 aromatic heterocycles. The molecule has 2 atom stereocenters. The smallest absolute Gasteiger partial charge is 0.269 e. The van der Waals surface area contributed by atoms with Crippen LogP contribution in [0.5, 0.6) is 0 Å². The monoisotopic (exact) mass is 1070 g/mol. The molecule has 6 aromatic rings. The third kappa shape index (κ3) is 14.1. The number of aryl methyl sites for hydroxylation is 2. The normalized spacial score (nSPS) is 14.7. The Morgan fingerprint density at radius 1 is 0.709 bits per heavy atom. The van der Waals surface area contributed by atoms with Gasteiger partial charge in [0.2, 0.25) is 11.6 Å². The first-order valence-corrected chi connectivity index (χ1v) is 25.2. The number of nitrogens with zero attached hydrogens (tertiary/aromatic N) is 10. The van der Waals surface area contributed by atoms with Gasteiger partial charge in [0.1, 0.15) is 35.7 Å². The molecule has 0 spiro atoms. The fraction of sp³-hybridized carbons (Fsp3) is 0.304. The number of hydrogen-bond donors (Lipinski definition) is 6. The number of nitriles is 1. The minimum Gasteiger partial charge on any atom is -0.364 e. The Balaban J connectivity index is 0.000000236. The molecule has 0 aliphatic carbocycles. The summed E-state index contributed by atoms with van der Waals surface area (Å²) in [5.74, 6) is 11.3. The summed E-state index contributed by atoms with van der Waals surface area (Å²) in [6, 6.07) is 21.0. The number of nitrogen functional groups attached to an aromatic ring is 2. The van der Waals surface area contributed by atoms with E-state index in [9.17, 15) is 33.6 Å². The van der Waals surface area contributed by atoms with Gasteiger partial charge in [-0.2, -0.15) is 5.26 Å². The number of imidazole rings is 2. The summed E-state index contributed by atoms with van der Waals surface area (Å²) in [5.41, 5.74) is 15.5. The Morgan fingerprint density at radius 2 is 1.13 bits per heavy atom. The number of carbonyl (C=O) groups excluding carboxylic acids is 7. The van der Waals surface area contributed by atoms with Crippen LogP contribution < -0.4 is 33.8 Å². The fourth-order valence-corrected chi connectivity index (χ4v) is 8.79. The number of primary amides is 2. The van der Waals surface area contributed by atoms with Crippen LogP contribution in [0.3, 0.4) is 0 Å². The summed E-state index contributed by atoms with van der Waals surface area (Å²) in [7, 11) is 0. The summed E-state index contributed by atoms with van der Waals surface area (Å²) < 4.78 is 2.24. The zero-order chi connectivity index (χ0) is 57.7. The summed E-state index contributed by atoms with van der Waals surface area (Å²) in [6.45, 7) is 19.7. The van der Waals surface area contributed by atoms with E-state index in [0.29, 0.717) is 77.9 Å². The number of benzene rings is 2. The molecule has 0 unspecified atom stereocenters. The maximum atomic E-state index is 13.2. The van der Waals surface area contributed by atoms with E-state index in [1.165, 1.54) is 0 Å². The van der Waals surface area contributed by atoms with Crippen LogP contribution >= 0.6 is 0 Å². The molecule has 8 rings (SSSR count). The molecular weight excluding hydrogens is 1010 g/mol. The number of allylic oxidation sites excluding steroid dienone is 1. The number of nitrogens with one attached hydrogen (secondary N) is 2. The second kappa shape index (κ2) is 26.1. The van der Waals surface area contributed by atoms with Gasteiger partial charge in [-0.15, -0.1) is 0 Å². The number of carbonyl (C=O) groups is 7. The number of aldehydes is 1. The van der Waals surface area contributed by atoms with Crippen LogP contribution in [0.2, 0.25) is 0 Å². The van der Waals surface area contributed by atoms with Crippen LogP contribution in [-0.2, 0) is 14.4 Å². The van der Waals surface area contributed by atoms with Gasteiger partial charge in [-0.1, -0.05) is 58.0 Å². The molecule has 79 heavy (non-hydrogen) atoms. The van der Waals surface area contributed by atoms with Crippen LogP contribution in [0, 0.1) is 43.6 Å². The van der Waals surface area contributed by atoms with Crippen molar-refractivity contribution < 1.29 is 33.6 Å². The third-order valence-electron chi connectivity index (χ3n) is 12.5. The van der Waals surface area contributed by atoms with Gasteiger partial charge >= 0.3 is 0 Å². The predicted molar refractivity (Wildman–Crippen MR) is 295 cm³/mol. The standard InChI is InChI=1S/C28H30N8O3.C24H24N8O3.C4H8O/c1-16(2)14-20(31-4)28(39)35-13-5-6-21(35)26-34-23(24(25(29)37)36(26)30)18-7-9-19(10-8-18)27(38)33-22-15-17(3)11-12-32-22;1-14-9-11-28-18(13-14)29-24(35)16-6-4-15(5-7-16)20-21(22(26)34)32(27)23(30-20)17-3-2-12-31(17)19(33)8-10-25;1-4(2)3-5/h7-12,14-16,21H,5-6,13,30H2,1-3H3,(H2,29,37)(H,32,33,38);4-7,9,11,13,17H,2-3,8,12,27H2,1H3,(H2,26,34)(H,28,29,35);3-4H,1-2H3/b20-14-;;/t21-;17-;/m00./s1. The third-order valence-corrected chi connectivity index (χ3v) is 12.5. The van der Waals surface area contributed by atoms with Crippen molar-refractivity contribution in [3.8, 4) is 28.6 Å². The summed E-state index contributed by atoms with van der Waals surface area (Å²) in [5, 5.41) is 14.4. The van der Waals surface area contributed by atoms with E-state index < -0.39 is 29.8 Å². The Morgan fingerprint density at radius 3 is 1.49 bits per heavy atom. The van der Waals surface area contributed by atoms with Gasteiger partial charge in [0.05, 0.1) is 24.7 Å². The quantitative estimate of drug-likeness (QED) is 0.0307. The Hall–Kier alpha value is -10.0. The van der Waals surface area contributed by atoms with Crippen molar-refractivity contribution in [3.05, 3.63) is 154 Å². The topological polar surface area (TPSA) is 344 Å². The lowest BCUT2D eigenvalue weighted by Crippen LogP contribution is -2.34. The van der Waals surface area contributed by atoms with Gasteiger partial charge in [0.15, 0.2) is 23.0 Å². The second-order valence-corrected chi connectivity index (χ2v) is 19.3. The largest absolute Gasteiger partial charge is 0.364 e. The molecule has 2 fully saturated rings. The maximum absolute atomic E-state index is 13.2. The average Bonchev–Trinajstić information content (AvgIpc) is 4.45. The molecule has 23 nitrogen and oxygen atoms in total. The molecule has 0 bridgehead atoms. The molecule has 2 aromatic carbocycles. The van der Waals surface area contributed by atoms with Gasteiger partial charge in [-0.3, -0.25) is 28.8 Å². The second-order valence-electron chi connectivity index (χ2n) is 19.3. The van der Waals surface area contributed by atoms with Crippen LogP contribution in [0.25, 0.3) is 27.4 Å². The lowest BCUT2D eigenvalue weighted by atomic mass is 10.1. The van der Waals surface area contributed by atoms with Crippen molar-refractivity contribution in [2.75, 3.05) is 35.4 Å². The van der Waals surface area contributed by atoms with Gasteiger partial charge in [0, 0.05) is 53.7 Å². The Bertz CT molecular complexity index is 3380. The Labute approximate surface area is 456 Å². The van der Waals surface area contributed by atoms with E-state index in [-0.39, 0.29) is 64.5 Å². The first-order valence-electron chi connectivity index (χ1n) is 25.2. The van der Waals surface area contributed by atoms with E-state index in [1.807, 2.05) is 59.7 Å². The van der Waals surface area contributed by atoms with Crippen LogP contribution in [0.1, 0.15) is 136 Å². The average molecular weight is 1070 g/mol. The molecule has 0 saturated carbocycles. The number of pyridine rings is 2. The number of amides is 6. The highest BCUT2D eigenvalue weighted by molar-refractivity contribution is 6.05. The number of likely N-dealkylation sites (tertiary alicyclic amines) is 2. The van der Waals surface area contributed by atoms with Gasteiger partial charge in [-0.25, -0.2) is 34.1 Å². The van der Waals surface area contributed by atoms with Crippen molar-refractivity contribution in [1.29, 1.82) is 5.26 Å². The highest BCUT2D eigenvalue weighted by atomic mass is 16.2. The van der Waals surface area contributed by atoms with Gasteiger partial charge in [0.25, 0.3) is 29.5 Å². The highest BCUT2D eigenvalue weighted by Crippen LogP contribution is 2.37. The van der Waals surface area contributed by atoms with E-state index in [1.54, 1.807) is 88.9 Å². The van der Waals surface area contributed by atoms with Crippen molar-refractivity contribution in [3.63, 3.8) is 0 Å². The lowest BCUT2D eigenvalue weighted by Gasteiger charge is -2.24. The van der Waals surface area contributed by atoms with Crippen molar-refractivity contribution in [1.82, 2.24) is 39.1 Å². The number of rotatable bonds is 14. The van der Waals surface area contributed by atoms with E-state index >= 15 is 0 Å². The summed E-state index contributed by atoms with van der Waals surface area (Å²) in [4.78, 5) is 109. The fourth-order valence-electron chi connectivity index (χ4n) is 8.79. The zero-order valence-electron chi connectivity index (χ0n) is 44.6. The molecule has 10 N–H and O–H groups in total. The molecule has 23 heteroatoms. The minimum absolute atomic E-state index is 0.0132. The number of aromatic nitrogens is 6. The van der Waals surface area contributed by atoms with Crippen LogP contribution in [0.15, 0.2) is 97.0 Å². The lowest BCUT2D eigenvalue weighted by molar-refractivity contribution is -0.131. The number of hydrogen-bond acceptors (Lipinski definition) is 14. The van der Waals surface area contributed by atoms with Crippen LogP contribution in [-0.4, -0.2) is 93.9 Å². The molecule has 2 aliphatic heterocycles. The van der Waals surface area contributed by atoms with Gasteiger partial charge < -0.3 is 48.4 Å². The van der Waals surface area contributed by atoms with Crippen LogP contribution in [0.4, 0.5) is 11.6 Å². The molecule has 2 aliphatic rings.